The molecule has 0 N–H and O–H groups in total. The van der Waals surface area contributed by atoms with Crippen molar-refractivity contribution in [3.8, 4) is 0 Å². The van der Waals surface area contributed by atoms with E-state index in [-0.39, 0.29) is 5.91 Å². The zero-order valence-corrected chi connectivity index (χ0v) is 15.3. The minimum absolute atomic E-state index is 0.0537. The Morgan fingerprint density at radius 3 is 2.52 bits per heavy atom. The van der Waals surface area contributed by atoms with Crippen molar-refractivity contribution in [2.75, 3.05) is 32.7 Å². The van der Waals surface area contributed by atoms with Crippen LogP contribution in [-0.4, -0.2) is 58.0 Å². The lowest BCUT2D eigenvalue weighted by molar-refractivity contribution is 0.0651. The summed E-state index contributed by atoms with van der Waals surface area (Å²) in [6.07, 6.45) is 3.60. The number of aromatic nitrogens is 2. The average Bonchev–Trinajstić information content (AvgIpc) is 3.16. The molecule has 0 spiro atoms. The summed E-state index contributed by atoms with van der Waals surface area (Å²) in [6, 6.07) is 0. The Morgan fingerprint density at radius 2 is 1.91 bits per heavy atom. The van der Waals surface area contributed by atoms with E-state index in [0.717, 1.165) is 37.8 Å². The van der Waals surface area contributed by atoms with Gasteiger partial charge in [0.1, 0.15) is 0 Å². The van der Waals surface area contributed by atoms with Gasteiger partial charge in [-0.15, -0.1) is 5.10 Å². The Labute approximate surface area is 143 Å². The summed E-state index contributed by atoms with van der Waals surface area (Å²) in [5.41, 5.74) is 0.886. The van der Waals surface area contributed by atoms with Gasteiger partial charge in [0.05, 0.1) is 0 Å². The van der Waals surface area contributed by atoms with Gasteiger partial charge in [-0.05, 0) is 54.6 Å². The predicted molar refractivity (Wildman–Crippen MR) is 92.5 cm³/mol. The normalized spacial score (nSPS) is 24.3. The Morgan fingerprint density at radius 1 is 1.22 bits per heavy atom. The molecule has 0 aliphatic carbocycles. The number of carbonyl (C=O) groups is 1. The van der Waals surface area contributed by atoms with Crippen molar-refractivity contribution in [3.63, 3.8) is 0 Å². The maximum Gasteiger partial charge on any atom is 0.275 e. The summed E-state index contributed by atoms with van der Waals surface area (Å²) in [6.45, 7) is 12.4. The summed E-state index contributed by atoms with van der Waals surface area (Å²) < 4.78 is 3.79. The van der Waals surface area contributed by atoms with E-state index in [9.17, 15) is 4.79 Å². The largest absolute Gasteiger partial charge is 0.337 e. The van der Waals surface area contributed by atoms with Gasteiger partial charge in [0.15, 0.2) is 5.69 Å². The van der Waals surface area contributed by atoms with Crippen molar-refractivity contribution >= 4 is 17.4 Å². The van der Waals surface area contributed by atoms with Gasteiger partial charge in [-0.2, -0.15) is 0 Å². The smallest absolute Gasteiger partial charge is 0.275 e. The second kappa shape index (κ2) is 6.85. The van der Waals surface area contributed by atoms with Gasteiger partial charge >= 0.3 is 0 Å². The molecule has 1 aromatic rings. The van der Waals surface area contributed by atoms with E-state index in [0.29, 0.717) is 11.1 Å². The fraction of sp³-hybridized carbons (Fsp3) is 0.824. The van der Waals surface area contributed by atoms with Crippen LogP contribution in [0.4, 0.5) is 0 Å². The van der Waals surface area contributed by atoms with Gasteiger partial charge < -0.3 is 9.80 Å². The van der Waals surface area contributed by atoms with E-state index in [4.69, 9.17) is 0 Å². The molecule has 0 aromatic carbocycles. The SMILES string of the molecule is CC(C)(C)CN1CC[C@H](C2CCN(C(=O)c3csnn3)CC2)C1. The number of carbonyl (C=O) groups excluding carboxylic acids is 1. The number of rotatable bonds is 3. The molecule has 3 rings (SSSR count). The number of hydrogen-bond acceptors (Lipinski definition) is 5. The van der Waals surface area contributed by atoms with E-state index in [1.165, 1.54) is 37.6 Å². The van der Waals surface area contributed by atoms with Gasteiger partial charge in [0.25, 0.3) is 5.91 Å². The van der Waals surface area contributed by atoms with Gasteiger partial charge in [0, 0.05) is 31.6 Å². The van der Waals surface area contributed by atoms with Crippen LogP contribution in [0.1, 0.15) is 50.5 Å². The molecule has 2 aliphatic heterocycles. The molecule has 0 bridgehead atoms. The quantitative estimate of drug-likeness (QED) is 0.851. The van der Waals surface area contributed by atoms with Gasteiger partial charge in [-0.1, -0.05) is 25.3 Å². The average molecular weight is 337 g/mol. The Hall–Kier alpha value is -1.01. The number of piperidine rings is 1. The second-order valence-corrected chi connectivity index (χ2v) is 8.87. The van der Waals surface area contributed by atoms with Crippen LogP contribution >= 0.6 is 11.5 Å². The van der Waals surface area contributed by atoms with Crippen molar-refractivity contribution in [3.05, 3.63) is 11.1 Å². The first-order valence-corrected chi connectivity index (χ1v) is 9.55. The lowest BCUT2D eigenvalue weighted by atomic mass is 9.83. The molecule has 2 aliphatic rings. The number of amides is 1. The third-order valence-electron chi connectivity index (χ3n) is 5.08. The lowest BCUT2D eigenvalue weighted by Gasteiger charge is -2.35. The third kappa shape index (κ3) is 4.29. The highest BCUT2D eigenvalue weighted by atomic mass is 32.1. The van der Waals surface area contributed by atoms with Crippen LogP contribution in [0, 0.1) is 17.3 Å². The minimum Gasteiger partial charge on any atom is -0.337 e. The topological polar surface area (TPSA) is 49.3 Å². The summed E-state index contributed by atoms with van der Waals surface area (Å²) in [5.74, 6) is 1.64. The van der Waals surface area contributed by atoms with E-state index in [1.54, 1.807) is 5.38 Å². The fourth-order valence-electron chi connectivity index (χ4n) is 4.06. The minimum atomic E-state index is 0.0537. The molecular formula is C17H28N4OS. The van der Waals surface area contributed by atoms with E-state index < -0.39 is 0 Å². The van der Waals surface area contributed by atoms with Gasteiger partial charge in [0.2, 0.25) is 0 Å². The molecule has 0 unspecified atom stereocenters. The molecule has 3 heterocycles. The molecule has 1 atom stereocenters. The summed E-state index contributed by atoms with van der Waals surface area (Å²) >= 11 is 1.24. The van der Waals surface area contributed by atoms with Gasteiger partial charge in [-0.3, -0.25) is 4.79 Å². The van der Waals surface area contributed by atoms with Crippen molar-refractivity contribution in [1.29, 1.82) is 0 Å². The molecule has 6 heteroatoms. The first kappa shape index (κ1) is 16.8. The highest BCUT2D eigenvalue weighted by Gasteiger charge is 2.34. The molecule has 0 saturated carbocycles. The molecule has 1 aromatic heterocycles. The maximum atomic E-state index is 12.3. The molecule has 0 radical (unpaired) electrons. The fourth-order valence-corrected chi connectivity index (χ4v) is 4.49. The molecular weight excluding hydrogens is 308 g/mol. The van der Waals surface area contributed by atoms with Crippen molar-refractivity contribution in [2.24, 2.45) is 17.3 Å². The molecule has 128 valence electrons. The number of nitrogens with zero attached hydrogens (tertiary/aromatic N) is 4. The molecule has 1 amide bonds. The van der Waals surface area contributed by atoms with Crippen LogP contribution in [-0.2, 0) is 0 Å². The molecule has 2 fully saturated rings. The molecule has 23 heavy (non-hydrogen) atoms. The van der Waals surface area contributed by atoms with E-state index >= 15 is 0 Å². The molecule has 5 nitrogen and oxygen atoms in total. The van der Waals surface area contributed by atoms with Crippen LogP contribution in [0.15, 0.2) is 5.38 Å². The van der Waals surface area contributed by atoms with Crippen LogP contribution in [0.5, 0.6) is 0 Å². The van der Waals surface area contributed by atoms with Gasteiger partial charge in [-0.25, -0.2) is 0 Å². The van der Waals surface area contributed by atoms with Crippen molar-refractivity contribution in [2.45, 2.75) is 40.0 Å². The number of hydrogen-bond donors (Lipinski definition) is 0. The van der Waals surface area contributed by atoms with E-state index in [2.05, 4.69) is 35.3 Å². The highest BCUT2D eigenvalue weighted by molar-refractivity contribution is 7.03. The monoisotopic (exact) mass is 336 g/mol. The van der Waals surface area contributed by atoms with Crippen molar-refractivity contribution < 1.29 is 4.79 Å². The van der Waals surface area contributed by atoms with Crippen LogP contribution in [0.2, 0.25) is 0 Å². The standard InChI is InChI=1S/C17H28N4OS/c1-17(2,3)12-20-7-4-14(10-20)13-5-8-21(9-6-13)16(22)15-11-23-19-18-15/h11,13-14H,4-10,12H2,1-3H3/t14-/m0/s1. The summed E-state index contributed by atoms with van der Waals surface area (Å²) in [7, 11) is 0. The highest BCUT2D eigenvalue weighted by Crippen LogP contribution is 2.33. The Bertz CT molecular complexity index is 517. The van der Waals surface area contributed by atoms with Crippen LogP contribution < -0.4 is 0 Å². The number of likely N-dealkylation sites (tertiary alicyclic amines) is 2. The lowest BCUT2D eigenvalue weighted by Crippen LogP contribution is -2.40. The second-order valence-electron chi connectivity index (χ2n) is 8.26. The maximum absolute atomic E-state index is 12.3. The van der Waals surface area contributed by atoms with Crippen molar-refractivity contribution in [1.82, 2.24) is 19.4 Å². The molecule has 2 saturated heterocycles. The summed E-state index contributed by atoms with van der Waals surface area (Å²) in [4.78, 5) is 16.9. The van der Waals surface area contributed by atoms with E-state index in [1.807, 2.05) is 4.90 Å². The Balaban J connectivity index is 1.47. The third-order valence-corrected chi connectivity index (χ3v) is 5.58. The first-order valence-electron chi connectivity index (χ1n) is 8.71. The van der Waals surface area contributed by atoms with Crippen LogP contribution in [0.3, 0.4) is 0 Å². The summed E-state index contributed by atoms with van der Waals surface area (Å²) in [5, 5.41) is 5.65. The zero-order valence-electron chi connectivity index (χ0n) is 14.5. The zero-order chi connectivity index (χ0) is 16.4. The van der Waals surface area contributed by atoms with Crippen LogP contribution in [0.25, 0.3) is 0 Å². The predicted octanol–water partition coefficient (Wildman–Crippen LogP) is 2.76. The Kier molecular flexibility index (Phi) is 5.01. The first-order chi connectivity index (χ1) is 10.9.